The Labute approximate surface area is 114 Å². The molecule has 112 valence electrons. The molecule has 0 amide bonds. The molecule has 2 heterocycles. The van der Waals surface area contributed by atoms with Crippen molar-refractivity contribution < 1.29 is 21.6 Å². The lowest BCUT2D eigenvalue weighted by atomic mass is 10.3. The fourth-order valence-corrected chi connectivity index (χ4v) is 2.91. The molecule has 0 aromatic carbocycles. The highest BCUT2D eigenvalue weighted by Gasteiger charge is 2.31. The first kappa shape index (κ1) is 15.0. The molecule has 1 aliphatic heterocycles. The Balaban J connectivity index is 2.04. The molecule has 1 saturated heterocycles. The van der Waals surface area contributed by atoms with Crippen LogP contribution in [0.5, 0.6) is 0 Å². The second kappa shape index (κ2) is 5.21. The lowest BCUT2D eigenvalue weighted by Crippen LogP contribution is -2.36. The maximum Gasteiger partial charge on any atom is 0.417 e. The third-order valence-electron chi connectivity index (χ3n) is 2.97. The van der Waals surface area contributed by atoms with Crippen molar-refractivity contribution in [2.75, 3.05) is 24.2 Å². The SMILES string of the molecule is CS(=O)(=O)NC1CCN(c2ccc(C(F)(F)F)cn2)C1. The Bertz CT molecular complexity index is 572. The Morgan fingerprint density at radius 3 is 2.60 bits per heavy atom. The predicted octanol–water partition coefficient (Wildman–Crippen LogP) is 1.23. The topological polar surface area (TPSA) is 62.3 Å². The molecule has 5 nitrogen and oxygen atoms in total. The number of alkyl halides is 3. The van der Waals surface area contributed by atoms with Crippen molar-refractivity contribution in [1.29, 1.82) is 0 Å². The summed E-state index contributed by atoms with van der Waals surface area (Å²) in [6.07, 6.45) is -1.95. The van der Waals surface area contributed by atoms with E-state index < -0.39 is 21.8 Å². The van der Waals surface area contributed by atoms with Crippen LogP contribution in [-0.2, 0) is 16.2 Å². The van der Waals surface area contributed by atoms with Crippen LogP contribution in [0.3, 0.4) is 0 Å². The molecule has 0 bridgehead atoms. The highest BCUT2D eigenvalue weighted by atomic mass is 32.2. The summed E-state index contributed by atoms with van der Waals surface area (Å²) in [5, 5.41) is 0. The summed E-state index contributed by atoms with van der Waals surface area (Å²) in [5.74, 6) is 0.413. The zero-order valence-electron chi connectivity index (χ0n) is 10.7. The lowest BCUT2D eigenvalue weighted by molar-refractivity contribution is -0.137. The van der Waals surface area contributed by atoms with E-state index in [1.54, 1.807) is 4.90 Å². The van der Waals surface area contributed by atoms with Gasteiger partial charge in [-0.15, -0.1) is 0 Å². The number of hydrogen-bond acceptors (Lipinski definition) is 4. The summed E-state index contributed by atoms with van der Waals surface area (Å²) in [7, 11) is -3.29. The fourth-order valence-electron chi connectivity index (χ4n) is 2.11. The van der Waals surface area contributed by atoms with Gasteiger partial charge < -0.3 is 4.90 Å². The molecule has 1 atom stereocenters. The van der Waals surface area contributed by atoms with Gasteiger partial charge in [-0.2, -0.15) is 13.2 Å². The average Bonchev–Trinajstić information content (AvgIpc) is 2.74. The molecule has 0 aliphatic carbocycles. The number of sulfonamides is 1. The maximum absolute atomic E-state index is 12.4. The number of aromatic nitrogens is 1. The Morgan fingerprint density at radius 2 is 2.10 bits per heavy atom. The van der Waals surface area contributed by atoms with E-state index in [2.05, 4.69) is 9.71 Å². The van der Waals surface area contributed by atoms with Crippen molar-refractivity contribution in [3.63, 3.8) is 0 Å². The van der Waals surface area contributed by atoms with E-state index in [1.165, 1.54) is 6.07 Å². The van der Waals surface area contributed by atoms with Crippen LogP contribution in [0.1, 0.15) is 12.0 Å². The summed E-state index contributed by atoms with van der Waals surface area (Å²) in [6, 6.07) is 2.03. The molecule has 1 unspecified atom stereocenters. The van der Waals surface area contributed by atoms with Crippen molar-refractivity contribution in [3.8, 4) is 0 Å². The molecule has 9 heteroatoms. The van der Waals surface area contributed by atoms with Gasteiger partial charge in [0.05, 0.1) is 11.8 Å². The zero-order chi connectivity index (χ0) is 15.0. The maximum atomic E-state index is 12.4. The summed E-state index contributed by atoms with van der Waals surface area (Å²) < 4.78 is 61.9. The van der Waals surface area contributed by atoms with Gasteiger partial charge in [0.2, 0.25) is 10.0 Å². The van der Waals surface area contributed by atoms with Crippen molar-refractivity contribution in [2.45, 2.75) is 18.6 Å². The number of hydrogen-bond donors (Lipinski definition) is 1. The number of anilines is 1. The first-order chi connectivity index (χ1) is 9.15. The van der Waals surface area contributed by atoms with Crippen molar-refractivity contribution in [1.82, 2.24) is 9.71 Å². The van der Waals surface area contributed by atoms with Crippen molar-refractivity contribution in [2.24, 2.45) is 0 Å². The van der Waals surface area contributed by atoms with Gasteiger partial charge in [0, 0.05) is 25.3 Å². The summed E-state index contributed by atoms with van der Waals surface area (Å²) in [6.45, 7) is 0.941. The minimum Gasteiger partial charge on any atom is -0.355 e. The van der Waals surface area contributed by atoms with Crippen molar-refractivity contribution in [3.05, 3.63) is 23.9 Å². The van der Waals surface area contributed by atoms with E-state index in [-0.39, 0.29) is 6.04 Å². The molecular weight excluding hydrogens is 295 g/mol. The quantitative estimate of drug-likeness (QED) is 0.912. The molecule has 1 aromatic rings. The second-order valence-corrected chi connectivity index (χ2v) is 6.50. The third kappa shape index (κ3) is 3.83. The van der Waals surface area contributed by atoms with Gasteiger partial charge >= 0.3 is 6.18 Å². The van der Waals surface area contributed by atoms with E-state index in [1.807, 2.05) is 0 Å². The van der Waals surface area contributed by atoms with Gasteiger partial charge in [-0.05, 0) is 18.6 Å². The van der Waals surface area contributed by atoms with E-state index in [9.17, 15) is 21.6 Å². The summed E-state index contributed by atoms with van der Waals surface area (Å²) in [4.78, 5) is 5.54. The van der Waals surface area contributed by atoms with Gasteiger partial charge in [-0.1, -0.05) is 0 Å². The zero-order valence-corrected chi connectivity index (χ0v) is 11.5. The Hall–Kier alpha value is -1.35. The number of pyridine rings is 1. The molecule has 2 rings (SSSR count). The fraction of sp³-hybridized carbons (Fsp3) is 0.545. The molecule has 0 saturated carbocycles. The largest absolute Gasteiger partial charge is 0.417 e. The van der Waals surface area contributed by atoms with E-state index >= 15 is 0 Å². The van der Waals surface area contributed by atoms with Crippen LogP contribution in [0.25, 0.3) is 0 Å². The number of rotatable bonds is 3. The standard InChI is InChI=1S/C11H14F3N3O2S/c1-20(18,19)16-9-4-5-17(7-9)10-3-2-8(6-15-10)11(12,13)14/h2-3,6,9,16H,4-5,7H2,1H3. The van der Waals surface area contributed by atoms with E-state index in [4.69, 9.17) is 0 Å². The highest BCUT2D eigenvalue weighted by molar-refractivity contribution is 7.88. The van der Waals surface area contributed by atoms with Gasteiger partial charge in [-0.25, -0.2) is 18.1 Å². The summed E-state index contributed by atoms with van der Waals surface area (Å²) >= 11 is 0. The smallest absolute Gasteiger partial charge is 0.355 e. The van der Waals surface area contributed by atoms with E-state index in [0.717, 1.165) is 18.5 Å². The molecular formula is C11H14F3N3O2S. The first-order valence-electron chi connectivity index (χ1n) is 5.91. The number of nitrogens with zero attached hydrogens (tertiary/aromatic N) is 2. The third-order valence-corrected chi connectivity index (χ3v) is 3.73. The normalized spacial score (nSPS) is 20.4. The van der Waals surface area contributed by atoms with Gasteiger partial charge in [0.15, 0.2) is 0 Å². The average molecular weight is 309 g/mol. The van der Waals surface area contributed by atoms with Crippen LogP contribution in [0.15, 0.2) is 18.3 Å². The minimum atomic E-state index is -4.41. The van der Waals surface area contributed by atoms with Crippen LogP contribution in [0.2, 0.25) is 0 Å². The predicted molar refractivity (Wildman–Crippen MR) is 67.8 cm³/mol. The second-order valence-electron chi connectivity index (χ2n) is 4.72. The van der Waals surface area contributed by atoms with Crippen LogP contribution in [-0.4, -0.2) is 38.8 Å². The lowest BCUT2D eigenvalue weighted by Gasteiger charge is -2.18. The summed E-state index contributed by atoms with van der Waals surface area (Å²) in [5.41, 5.74) is -0.800. The van der Waals surface area contributed by atoms with Crippen LogP contribution in [0, 0.1) is 0 Å². The van der Waals surface area contributed by atoms with Gasteiger partial charge in [-0.3, -0.25) is 0 Å². The molecule has 1 aromatic heterocycles. The van der Waals surface area contributed by atoms with Crippen LogP contribution in [0.4, 0.5) is 19.0 Å². The Morgan fingerprint density at radius 1 is 1.40 bits per heavy atom. The van der Waals surface area contributed by atoms with Crippen LogP contribution >= 0.6 is 0 Å². The first-order valence-corrected chi connectivity index (χ1v) is 7.80. The molecule has 1 N–H and O–H groups in total. The number of halogens is 3. The minimum absolute atomic E-state index is 0.242. The van der Waals surface area contributed by atoms with Gasteiger partial charge in [0.1, 0.15) is 5.82 Å². The van der Waals surface area contributed by atoms with Gasteiger partial charge in [0.25, 0.3) is 0 Å². The highest BCUT2D eigenvalue weighted by Crippen LogP contribution is 2.29. The Kier molecular flexibility index (Phi) is 3.92. The molecule has 20 heavy (non-hydrogen) atoms. The molecule has 0 radical (unpaired) electrons. The number of nitrogens with one attached hydrogen (secondary N) is 1. The van der Waals surface area contributed by atoms with Crippen molar-refractivity contribution >= 4 is 15.8 Å². The van der Waals surface area contributed by atoms with Crippen LogP contribution < -0.4 is 9.62 Å². The monoisotopic (exact) mass is 309 g/mol. The molecule has 1 fully saturated rings. The van der Waals surface area contributed by atoms with E-state index in [0.29, 0.717) is 25.3 Å². The molecule has 1 aliphatic rings. The molecule has 0 spiro atoms.